The number of nitrogens with one attached hydrogen (secondary N) is 1. The maximum Gasteiger partial charge on any atom is 0.0463 e. The first kappa shape index (κ1) is 18.9. The van der Waals surface area contributed by atoms with Crippen LogP contribution in [-0.4, -0.2) is 0 Å². The van der Waals surface area contributed by atoms with Gasteiger partial charge in [0, 0.05) is 37.1 Å². The Kier molecular flexibility index (Phi) is 4.71. The van der Waals surface area contributed by atoms with Crippen LogP contribution >= 0.6 is 11.3 Å². The molecule has 1 nitrogen and oxygen atoms in total. The minimum atomic E-state index is 1.11. The summed E-state index contributed by atoms with van der Waals surface area (Å²) in [6.07, 6.45) is 0. The van der Waals surface area contributed by atoms with Crippen molar-refractivity contribution < 1.29 is 0 Å². The third kappa shape index (κ3) is 3.45. The molecule has 0 bridgehead atoms. The van der Waals surface area contributed by atoms with Crippen LogP contribution in [0.5, 0.6) is 0 Å². The highest BCUT2D eigenvalue weighted by atomic mass is 32.1. The van der Waals surface area contributed by atoms with Crippen molar-refractivity contribution in [2.45, 2.75) is 0 Å². The third-order valence-electron chi connectivity index (χ3n) is 5.87. The van der Waals surface area contributed by atoms with E-state index in [0.29, 0.717) is 0 Å². The van der Waals surface area contributed by atoms with Gasteiger partial charge in [0.15, 0.2) is 0 Å². The molecule has 0 saturated heterocycles. The predicted octanol–water partition coefficient (Wildman–Crippen LogP) is 9.13. The molecule has 0 radical (unpaired) electrons. The second kappa shape index (κ2) is 7.99. The topological polar surface area (TPSA) is 12.0 Å². The van der Waals surface area contributed by atoms with Crippen molar-refractivity contribution in [2.75, 3.05) is 5.32 Å². The van der Waals surface area contributed by atoms with Crippen LogP contribution in [0.2, 0.25) is 0 Å². The van der Waals surface area contributed by atoms with E-state index < -0.39 is 0 Å². The van der Waals surface area contributed by atoms with Gasteiger partial charge < -0.3 is 5.32 Å². The zero-order valence-electron chi connectivity index (χ0n) is 17.5. The number of rotatable bonds is 4. The first-order valence-electron chi connectivity index (χ1n) is 10.8. The maximum absolute atomic E-state index is 3.67. The van der Waals surface area contributed by atoms with E-state index in [1.807, 2.05) is 11.3 Å². The lowest BCUT2D eigenvalue weighted by atomic mass is 9.98. The average molecular weight is 428 g/mol. The summed E-state index contributed by atoms with van der Waals surface area (Å²) >= 11 is 1.85. The lowest BCUT2D eigenvalue weighted by Crippen LogP contribution is -1.93. The Morgan fingerprint density at radius 3 is 2.12 bits per heavy atom. The third-order valence-corrected chi connectivity index (χ3v) is 7.00. The van der Waals surface area contributed by atoms with Crippen molar-refractivity contribution in [3.8, 4) is 22.3 Å². The smallest absolute Gasteiger partial charge is 0.0463 e. The van der Waals surface area contributed by atoms with Crippen LogP contribution in [0.15, 0.2) is 121 Å². The van der Waals surface area contributed by atoms with E-state index in [2.05, 4.69) is 127 Å². The largest absolute Gasteiger partial charge is 0.355 e. The van der Waals surface area contributed by atoms with Crippen molar-refractivity contribution in [2.24, 2.45) is 0 Å². The van der Waals surface area contributed by atoms with Gasteiger partial charge in [-0.2, -0.15) is 0 Å². The van der Waals surface area contributed by atoms with E-state index in [9.17, 15) is 0 Å². The number of fused-ring (bicyclic) bond motifs is 3. The van der Waals surface area contributed by atoms with Crippen LogP contribution < -0.4 is 5.32 Å². The molecule has 32 heavy (non-hydrogen) atoms. The maximum atomic E-state index is 3.67. The number of benzene rings is 5. The highest BCUT2D eigenvalue weighted by Gasteiger charge is 2.09. The summed E-state index contributed by atoms with van der Waals surface area (Å²) in [7, 11) is 0. The van der Waals surface area contributed by atoms with E-state index in [1.54, 1.807) is 0 Å². The van der Waals surface area contributed by atoms with Crippen LogP contribution in [0, 0.1) is 0 Å². The molecule has 0 saturated carbocycles. The molecule has 0 atom stereocenters. The van der Waals surface area contributed by atoms with Crippen molar-refractivity contribution in [3.63, 3.8) is 0 Å². The minimum Gasteiger partial charge on any atom is -0.355 e. The van der Waals surface area contributed by atoms with Crippen molar-refractivity contribution in [3.05, 3.63) is 121 Å². The lowest BCUT2D eigenvalue weighted by molar-refractivity contribution is 1.54. The van der Waals surface area contributed by atoms with Gasteiger partial charge in [0.1, 0.15) is 0 Å². The first-order valence-corrected chi connectivity index (χ1v) is 11.6. The summed E-state index contributed by atoms with van der Waals surface area (Å²) in [5.41, 5.74) is 7.08. The SMILES string of the molecule is c1ccc(-c2cccc(-c3ccccc3Nc3ccc4c(c3)sc3ccccc34)c2)cc1. The number of hydrogen-bond acceptors (Lipinski definition) is 2. The second-order valence-electron chi connectivity index (χ2n) is 7.93. The Morgan fingerprint density at radius 1 is 0.469 bits per heavy atom. The fourth-order valence-electron chi connectivity index (χ4n) is 4.30. The van der Waals surface area contributed by atoms with Gasteiger partial charge in [-0.05, 0) is 47.0 Å². The van der Waals surface area contributed by atoms with Gasteiger partial charge in [0.25, 0.3) is 0 Å². The molecule has 6 aromatic rings. The zero-order chi connectivity index (χ0) is 21.3. The fourth-order valence-corrected chi connectivity index (χ4v) is 5.45. The molecule has 5 aromatic carbocycles. The molecule has 0 spiro atoms. The predicted molar refractivity (Wildman–Crippen MR) is 140 cm³/mol. The molecule has 0 fully saturated rings. The Hall–Kier alpha value is -3.88. The van der Waals surface area contributed by atoms with Gasteiger partial charge in [-0.3, -0.25) is 0 Å². The Bertz CT molecular complexity index is 1550. The van der Waals surface area contributed by atoms with Crippen LogP contribution in [0.3, 0.4) is 0 Å². The van der Waals surface area contributed by atoms with Gasteiger partial charge in [0.2, 0.25) is 0 Å². The molecule has 0 aliphatic rings. The number of thiophene rings is 1. The molecule has 1 N–H and O–H groups in total. The second-order valence-corrected chi connectivity index (χ2v) is 9.01. The highest BCUT2D eigenvalue weighted by molar-refractivity contribution is 7.25. The van der Waals surface area contributed by atoms with Gasteiger partial charge in [-0.15, -0.1) is 11.3 Å². The molecule has 0 aliphatic heterocycles. The van der Waals surface area contributed by atoms with Crippen molar-refractivity contribution >= 4 is 42.9 Å². The number of hydrogen-bond donors (Lipinski definition) is 1. The first-order chi connectivity index (χ1) is 15.8. The summed E-state index contributed by atoms with van der Waals surface area (Å²) in [5, 5.41) is 6.32. The van der Waals surface area contributed by atoms with Crippen molar-refractivity contribution in [1.82, 2.24) is 0 Å². The van der Waals surface area contributed by atoms with Gasteiger partial charge in [0.05, 0.1) is 0 Å². The van der Waals surface area contributed by atoms with Gasteiger partial charge in [-0.25, -0.2) is 0 Å². The highest BCUT2D eigenvalue weighted by Crippen LogP contribution is 2.37. The van der Waals surface area contributed by atoms with E-state index >= 15 is 0 Å². The van der Waals surface area contributed by atoms with Crippen LogP contribution in [0.1, 0.15) is 0 Å². The Labute approximate surface area is 191 Å². The average Bonchev–Trinajstić information content (AvgIpc) is 3.23. The van der Waals surface area contributed by atoms with Crippen LogP contribution in [0.25, 0.3) is 42.4 Å². The van der Waals surface area contributed by atoms with E-state index in [4.69, 9.17) is 0 Å². The molecule has 1 aromatic heterocycles. The molecule has 1 heterocycles. The number of anilines is 2. The Balaban J connectivity index is 1.38. The molecule has 0 unspecified atom stereocenters. The zero-order valence-corrected chi connectivity index (χ0v) is 18.3. The molecule has 152 valence electrons. The van der Waals surface area contributed by atoms with Crippen LogP contribution in [-0.2, 0) is 0 Å². The molecule has 2 heteroatoms. The fraction of sp³-hybridized carbons (Fsp3) is 0. The van der Waals surface area contributed by atoms with E-state index in [1.165, 1.54) is 42.4 Å². The Morgan fingerprint density at radius 2 is 1.19 bits per heavy atom. The molecular weight excluding hydrogens is 406 g/mol. The summed E-state index contributed by atoms with van der Waals surface area (Å²) < 4.78 is 2.64. The summed E-state index contributed by atoms with van der Waals surface area (Å²) in [6, 6.07) is 43.1. The monoisotopic (exact) mass is 427 g/mol. The molecule has 6 rings (SSSR count). The summed E-state index contributed by atoms with van der Waals surface area (Å²) in [6.45, 7) is 0. The molecule has 0 amide bonds. The summed E-state index contributed by atoms with van der Waals surface area (Å²) in [5.74, 6) is 0. The normalized spacial score (nSPS) is 11.1. The van der Waals surface area contributed by atoms with Crippen LogP contribution in [0.4, 0.5) is 11.4 Å². The van der Waals surface area contributed by atoms with E-state index in [0.717, 1.165) is 11.4 Å². The standard InChI is InChI=1S/C30H21NS/c1-2-9-21(10-3-1)22-11-8-12-23(19-22)25-13-4-6-15-28(25)31-24-17-18-27-26-14-5-7-16-29(26)32-30(27)20-24/h1-20,31H. The van der Waals surface area contributed by atoms with Crippen molar-refractivity contribution in [1.29, 1.82) is 0 Å². The minimum absolute atomic E-state index is 1.11. The quantitative estimate of drug-likeness (QED) is 0.296. The number of para-hydroxylation sites is 1. The lowest BCUT2D eigenvalue weighted by Gasteiger charge is -2.13. The molecule has 0 aliphatic carbocycles. The molecular formula is C30H21NS. The van der Waals surface area contributed by atoms with E-state index in [-0.39, 0.29) is 0 Å². The van der Waals surface area contributed by atoms with Gasteiger partial charge in [-0.1, -0.05) is 91.0 Å². The van der Waals surface area contributed by atoms with Gasteiger partial charge >= 0.3 is 0 Å². The summed E-state index contributed by atoms with van der Waals surface area (Å²) in [4.78, 5) is 0.